The lowest BCUT2D eigenvalue weighted by atomic mass is 9.55. The highest BCUT2D eigenvalue weighted by Crippen LogP contribution is 2.51. The summed E-state index contributed by atoms with van der Waals surface area (Å²) in [4.78, 5) is 12.5. The second kappa shape index (κ2) is 5.22. The maximum atomic E-state index is 12.5. The SMILES string of the molecule is CC(C)C(C)OC(=O)C(C)(C)C(C)(C)C(C)(C)C. The van der Waals surface area contributed by atoms with E-state index in [0.717, 1.165) is 0 Å². The van der Waals surface area contributed by atoms with E-state index >= 15 is 0 Å². The van der Waals surface area contributed by atoms with Crippen LogP contribution in [0.25, 0.3) is 0 Å². The Morgan fingerprint density at radius 2 is 1.28 bits per heavy atom. The summed E-state index contributed by atoms with van der Waals surface area (Å²) in [6, 6.07) is 0. The third-order valence-corrected chi connectivity index (χ3v) is 5.18. The van der Waals surface area contributed by atoms with Crippen molar-refractivity contribution in [3.05, 3.63) is 0 Å². The fourth-order valence-electron chi connectivity index (χ4n) is 1.64. The number of rotatable bonds is 4. The van der Waals surface area contributed by atoms with Crippen molar-refractivity contribution in [3.63, 3.8) is 0 Å². The zero-order valence-corrected chi connectivity index (χ0v) is 14.0. The van der Waals surface area contributed by atoms with Gasteiger partial charge in [-0.05, 0) is 37.5 Å². The van der Waals surface area contributed by atoms with Crippen molar-refractivity contribution in [1.82, 2.24) is 0 Å². The highest BCUT2D eigenvalue weighted by atomic mass is 16.5. The average Bonchev–Trinajstić information content (AvgIpc) is 2.14. The Morgan fingerprint density at radius 3 is 1.56 bits per heavy atom. The Balaban J connectivity index is 5.10. The summed E-state index contributed by atoms with van der Waals surface area (Å²) in [5.74, 6) is 0.256. The summed E-state index contributed by atoms with van der Waals surface area (Å²) in [6.07, 6.45) is -0.0347. The van der Waals surface area contributed by atoms with Crippen molar-refractivity contribution in [2.24, 2.45) is 22.2 Å². The maximum absolute atomic E-state index is 12.5. The lowest BCUT2D eigenvalue weighted by Gasteiger charge is -2.49. The molecule has 0 bridgehead atoms. The van der Waals surface area contributed by atoms with Crippen LogP contribution in [0.3, 0.4) is 0 Å². The molecular formula is C16H32O2. The van der Waals surface area contributed by atoms with Gasteiger partial charge in [-0.2, -0.15) is 0 Å². The van der Waals surface area contributed by atoms with Gasteiger partial charge in [0, 0.05) is 0 Å². The van der Waals surface area contributed by atoms with Gasteiger partial charge in [-0.1, -0.05) is 48.5 Å². The number of ether oxygens (including phenoxy) is 1. The molecule has 0 aromatic heterocycles. The molecule has 1 unspecified atom stereocenters. The highest BCUT2D eigenvalue weighted by Gasteiger charge is 2.51. The van der Waals surface area contributed by atoms with Crippen LogP contribution in [0.1, 0.15) is 69.2 Å². The quantitative estimate of drug-likeness (QED) is 0.683. The summed E-state index contributed by atoms with van der Waals surface area (Å²) >= 11 is 0. The number of carbonyl (C=O) groups is 1. The van der Waals surface area contributed by atoms with Gasteiger partial charge in [-0.25, -0.2) is 0 Å². The zero-order chi connectivity index (χ0) is 14.9. The minimum atomic E-state index is -0.506. The van der Waals surface area contributed by atoms with Crippen LogP contribution in [0.5, 0.6) is 0 Å². The standard InChI is InChI=1S/C16H32O2/c1-11(2)12(3)18-13(17)15(7,8)16(9,10)14(4,5)6/h11-12H,1-10H3. The maximum Gasteiger partial charge on any atom is 0.312 e. The van der Waals surface area contributed by atoms with Gasteiger partial charge in [0.1, 0.15) is 6.10 Å². The zero-order valence-electron chi connectivity index (χ0n) is 14.0. The van der Waals surface area contributed by atoms with Crippen molar-refractivity contribution in [2.75, 3.05) is 0 Å². The predicted molar refractivity (Wildman–Crippen MR) is 77.4 cm³/mol. The van der Waals surface area contributed by atoms with Crippen molar-refractivity contribution < 1.29 is 9.53 Å². The third-order valence-electron chi connectivity index (χ3n) is 5.18. The molecule has 0 saturated heterocycles. The Hall–Kier alpha value is -0.530. The van der Waals surface area contributed by atoms with E-state index in [9.17, 15) is 4.79 Å². The van der Waals surface area contributed by atoms with Crippen molar-refractivity contribution in [1.29, 1.82) is 0 Å². The fraction of sp³-hybridized carbons (Fsp3) is 0.938. The van der Waals surface area contributed by atoms with Crippen LogP contribution in [0.2, 0.25) is 0 Å². The first-order valence-corrected chi connectivity index (χ1v) is 6.96. The van der Waals surface area contributed by atoms with E-state index in [2.05, 4.69) is 48.5 Å². The number of carbonyl (C=O) groups excluding carboxylic acids is 1. The second-order valence-electron chi connectivity index (χ2n) is 7.85. The van der Waals surface area contributed by atoms with E-state index in [-0.39, 0.29) is 22.9 Å². The van der Waals surface area contributed by atoms with Gasteiger partial charge in [-0.3, -0.25) is 4.79 Å². The molecule has 1 atom stereocenters. The molecule has 0 aliphatic heterocycles. The van der Waals surface area contributed by atoms with Crippen LogP contribution >= 0.6 is 0 Å². The van der Waals surface area contributed by atoms with Crippen LogP contribution in [0.15, 0.2) is 0 Å². The summed E-state index contributed by atoms with van der Waals surface area (Å²) in [7, 11) is 0. The molecule has 0 N–H and O–H groups in total. The molecule has 0 rings (SSSR count). The summed E-state index contributed by atoms with van der Waals surface area (Å²) in [5.41, 5.74) is -0.612. The molecule has 0 spiro atoms. The third kappa shape index (κ3) is 3.27. The minimum Gasteiger partial charge on any atom is -0.462 e. The number of hydrogen-bond acceptors (Lipinski definition) is 2. The van der Waals surface area contributed by atoms with Crippen LogP contribution in [-0.4, -0.2) is 12.1 Å². The molecular weight excluding hydrogens is 224 g/mol. The first-order valence-electron chi connectivity index (χ1n) is 6.96. The van der Waals surface area contributed by atoms with Crippen molar-refractivity contribution >= 4 is 5.97 Å². The van der Waals surface area contributed by atoms with Crippen molar-refractivity contribution in [3.8, 4) is 0 Å². The molecule has 108 valence electrons. The van der Waals surface area contributed by atoms with Crippen LogP contribution < -0.4 is 0 Å². The second-order valence-corrected chi connectivity index (χ2v) is 7.85. The average molecular weight is 256 g/mol. The van der Waals surface area contributed by atoms with Gasteiger partial charge < -0.3 is 4.74 Å². The summed E-state index contributed by atoms with van der Waals surface area (Å²) < 4.78 is 5.62. The van der Waals surface area contributed by atoms with Crippen molar-refractivity contribution in [2.45, 2.75) is 75.3 Å². The van der Waals surface area contributed by atoms with Crippen LogP contribution in [-0.2, 0) is 9.53 Å². The van der Waals surface area contributed by atoms with Crippen LogP contribution in [0, 0.1) is 22.2 Å². The molecule has 0 aromatic carbocycles. The van der Waals surface area contributed by atoms with E-state index in [1.165, 1.54) is 0 Å². The van der Waals surface area contributed by atoms with E-state index < -0.39 is 5.41 Å². The Bertz CT molecular complexity index is 293. The molecule has 18 heavy (non-hydrogen) atoms. The largest absolute Gasteiger partial charge is 0.462 e. The van der Waals surface area contributed by atoms with Gasteiger partial charge >= 0.3 is 5.97 Å². The molecule has 0 aliphatic carbocycles. The predicted octanol–water partition coefficient (Wildman–Crippen LogP) is 4.67. The topological polar surface area (TPSA) is 26.3 Å². The number of hydrogen-bond donors (Lipinski definition) is 0. The molecule has 0 fully saturated rings. The first kappa shape index (κ1) is 17.5. The smallest absolute Gasteiger partial charge is 0.312 e. The van der Waals surface area contributed by atoms with Crippen LogP contribution in [0.4, 0.5) is 0 Å². The Morgan fingerprint density at radius 1 is 0.889 bits per heavy atom. The van der Waals surface area contributed by atoms with Gasteiger partial charge in [0.15, 0.2) is 0 Å². The van der Waals surface area contributed by atoms with Gasteiger partial charge in [0.2, 0.25) is 0 Å². The molecule has 0 aliphatic rings. The van der Waals surface area contributed by atoms with E-state index in [0.29, 0.717) is 5.92 Å². The van der Waals surface area contributed by atoms with E-state index in [1.54, 1.807) is 0 Å². The normalized spacial score (nSPS) is 15.7. The molecule has 2 heteroatoms. The first-order chi connectivity index (χ1) is 7.75. The van der Waals surface area contributed by atoms with E-state index in [1.807, 2.05) is 20.8 Å². The lowest BCUT2D eigenvalue weighted by Crippen LogP contribution is -2.49. The summed E-state index contributed by atoms with van der Waals surface area (Å²) in [5, 5.41) is 0. The minimum absolute atomic E-state index is 0.0347. The monoisotopic (exact) mass is 256 g/mol. The van der Waals surface area contributed by atoms with Gasteiger partial charge in [-0.15, -0.1) is 0 Å². The molecule has 0 amide bonds. The van der Waals surface area contributed by atoms with Gasteiger partial charge in [0.05, 0.1) is 5.41 Å². The molecule has 0 radical (unpaired) electrons. The molecule has 2 nitrogen and oxygen atoms in total. The molecule has 0 heterocycles. The Kier molecular flexibility index (Phi) is 5.07. The molecule has 0 aromatic rings. The van der Waals surface area contributed by atoms with Gasteiger partial charge in [0.25, 0.3) is 0 Å². The number of esters is 1. The Labute approximate surface area is 113 Å². The lowest BCUT2D eigenvalue weighted by molar-refractivity contribution is -0.173. The van der Waals surface area contributed by atoms with E-state index in [4.69, 9.17) is 4.74 Å². The molecule has 0 saturated carbocycles. The summed E-state index contributed by atoms with van der Waals surface area (Å²) in [6.45, 7) is 20.9. The fourth-order valence-corrected chi connectivity index (χ4v) is 1.64. The highest BCUT2D eigenvalue weighted by molar-refractivity contribution is 5.77.